The summed E-state index contributed by atoms with van der Waals surface area (Å²) in [6.45, 7) is 2.33. The van der Waals surface area contributed by atoms with Crippen molar-refractivity contribution in [3.8, 4) is 11.5 Å². The molecule has 1 atom stereocenters. The van der Waals surface area contributed by atoms with Crippen LogP contribution in [0.2, 0.25) is 0 Å². The van der Waals surface area contributed by atoms with Crippen LogP contribution in [0.15, 0.2) is 48.5 Å². The summed E-state index contributed by atoms with van der Waals surface area (Å²) in [4.78, 5) is 11.4. The van der Waals surface area contributed by atoms with Gasteiger partial charge in [-0.15, -0.1) is 0 Å². The van der Waals surface area contributed by atoms with E-state index < -0.39 is 6.23 Å². The third-order valence-corrected chi connectivity index (χ3v) is 3.19. The zero-order valence-electron chi connectivity index (χ0n) is 13.6. The van der Waals surface area contributed by atoms with E-state index in [1.165, 1.54) is 0 Å². The van der Waals surface area contributed by atoms with E-state index in [1.54, 1.807) is 31.2 Å². The number of esters is 1. The van der Waals surface area contributed by atoms with Gasteiger partial charge >= 0.3 is 5.97 Å². The summed E-state index contributed by atoms with van der Waals surface area (Å²) >= 11 is 0. The third kappa shape index (κ3) is 5.48. The molecule has 0 aliphatic heterocycles. The third-order valence-electron chi connectivity index (χ3n) is 3.19. The molecule has 0 aromatic heterocycles. The van der Waals surface area contributed by atoms with Gasteiger partial charge in [0.2, 0.25) is 0 Å². The van der Waals surface area contributed by atoms with Crippen LogP contribution in [0.5, 0.6) is 11.5 Å². The zero-order valence-corrected chi connectivity index (χ0v) is 13.6. The number of ether oxygens (including phenoxy) is 3. The summed E-state index contributed by atoms with van der Waals surface area (Å²) in [6.07, 6.45) is -0.404. The topological polar surface area (TPSA) is 96.8 Å². The number of rotatable bonds is 8. The van der Waals surface area contributed by atoms with Gasteiger partial charge in [0, 0.05) is 0 Å². The average Bonchev–Trinajstić information content (AvgIpc) is 2.56. The molecule has 0 saturated carbocycles. The minimum absolute atomic E-state index is 0.172. The molecule has 0 fully saturated rings. The van der Waals surface area contributed by atoms with Gasteiger partial charge in [0.25, 0.3) is 0 Å². The van der Waals surface area contributed by atoms with Gasteiger partial charge < -0.3 is 19.9 Å². The van der Waals surface area contributed by atoms with Crippen molar-refractivity contribution >= 4 is 11.7 Å². The fourth-order valence-corrected chi connectivity index (χ4v) is 2.05. The van der Waals surface area contributed by atoms with Gasteiger partial charge in [-0.2, -0.15) is 0 Å². The molecule has 0 spiro atoms. The van der Waals surface area contributed by atoms with Crippen LogP contribution in [0.1, 0.15) is 12.5 Å². The summed E-state index contributed by atoms with van der Waals surface area (Å²) in [6, 6.07) is 14.3. The lowest BCUT2D eigenvalue weighted by Crippen LogP contribution is -2.34. The van der Waals surface area contributed by atoms with E-state index in [0.29, 0.717) is 23.8 Å². The van der Waals surface area contributed by atoms with Gasteiger partial charge in [0.1, 0.15) is 18.1 Å². The number of anilines is 1. The van der Waals surface area contributed by atoms with Gasteiger partial charge in [-0.25, -0.2) is 0 Å². The van der Waals surface area contributed by atoms with E-state index in [0.717, 1.165) is 5.56 Å². The van der Waals surface area contributed by atoms with Crippen LogP contribution in [0, 0.1) is 0 Å². The van der Waals surface area contributed by atoms with Crippen molar-refractivity contribution in [2.45, 2.75) is 19.6 Å². The quantitative estimate of drug-likeness (QED) is 0.437. The van der Waals surface area contributed by atoms with Crippen molar-refractivity contribution in [1.82, 2.24) is 0 Å². The largest absolute Gasteiger partial charge is 0.488 e. The molecule has 6 nitrogen and oxygen atoms in total. The van der Waals surface area contributed by atoms with Crippen molar-refractivity contribution in [2.75, 3.05) is 18.9 Å². The predicted molar refractivity (Wildman–Crippen MR) is 91.7 cm³/mol. The SMILES string of the molecule is CCOC(=O)Cc1ccc(OCC(N)Oc2ccccc2N)cc1. The van der Waals surface area contributed by atoms with Crippen molar-refractivity contribution in [3.63, 3.8) is 0 Å². The molecule has 0 radical (unpaired) electrons. The molecule has 2 aromatic rings. The average molecular weight is 330 g/mol. The van der Waals surface area contributed by atoms with Crippen LogP contribution in [-0.2, 0) is 16.0 Å². The Morgan fingerprint density at radius 3 is 2.50 bits per heavy atom. The molecule has 1 unspecified atom stereocenters. The van der Waals surface area contributed by atoms with Gasteiger partial charge in [-0.05, 0) is 36.8 Å². The Kier molecular flexibility index (Phi) is 6.45. The summed E-state index contributed by atoms with van der Waals surface area (Å²) < 4.78 is 16.0. The first-order chi connectivity index (χ1) is 11.6. The Labute approximate surface area is 141 Å². The summed E-state index contributed by atoms with van der Waals surface area (Å²) in [7, 11) is 0. The summed E-state index contributed by atoms with van der Waals surface area (Å²) in [5.41, 5.74) is 13.1. The monoisotopic (exact) mass is 330 g/mol. The lowest BCUT2D eigenvalue weighted by molar-refractivity contribution is -0.142. The second-order valence-electron chi connectivity index (χ2n) is 5.13. The molecule has 6 heteroatoms. The van der Waals surface area contributed by atoms with Crippen LogP contribution < -0.4 is 20.9 Å². The molecule has 0 saturated heterocycles. The van der Waals surface area contributed by atoms with E-state index in [2.05, 4.69) is 0 Å². The highest BCUT2D eigenvalue weighted by Gasteiger charge is 2.08. The number of carbonyl (C=O) groups excluding carboxylic acids is 1. The van der Waals surface area contributed by atoms with E-state index in [-0.39, 0.29) is 19.0 Å². The van der Waals surface area contributed by atoms with E-state index >= 15 is 0 Å². The summed E-state index contributed by atoms with van der Waals surface area (Å²) in [5.74, 6) is 0.920. The van der Waals surface area contributed by atoms with Crippen LogP contribution >= 0.6 is 0 Å². The molecular formula is C18H22N2O4. The highest BCUT2D eigenvalue weighted by molar-refractivity contribution is 5.72. The molecule has 128 valence electrons. The van der Waals surface area contributed by atoms with Gasteiger partial charge in [0.05, 0.1) is 18.7 Å². The maximum Gasteiger partial charge on any atom is 0.310 e. The zero-order chi connectivity index (χ0) is 17.4. The molecule has 24 heavy (non-hydrogen) atoms. The minimum Gasteiger partial charge on any atom is -0.488 e. The maximum absolute atomic E-state index is 11.4. The van der Waals surface area contributed by atoms with Crippen molar-refractivity contribution in [1.29, 1.82) is 0 Å². The van der Waals surface area contributed by atoms with Gasteiger partial charge in [-0.1, -0.05) is 24.3 Å². The van der Waals surface area contributed by atoms with Gasteiger partial charge in [0.15, 0.2) is 6.23 Å². The smallest absolute Gasteiger partial charge is 0.310 e. The number of hydrogen-bond acceptors (Lipinski definition) is 6. The number of nitrogens with two attached hydrogens (primary N) is 2. The number of carbonyl (C=O) groups is 1. The van der Waals surface area contributed by atoms with E-state index in [4.69, 9.17) is 25.7 Å². The number of hydrogen-bond donors (Lipinski definition) is 2. The first-order valence-corrected chi connectivity index (χ1v) is 7.72. The van der Waals surface area contributed by atoms with E-state index in [1.807, 2.05) is 24.3 Å². The van der Waals surface area contributed by atoms with Crippen LogP contribution in [0.4, 0.5) is 5.69 Å². The molecule has 0 aliphatic rings. The van der Waals surface area contributed by atoms with E-state index in [9.17, 15) is 4.79 Å². The van der Waals surface area contributed by atoms with Crippen molar-refractivity contribution in [2.24, 2.45) is 5.73 Å². The number of nitrogen functional groups attached to an aromatic ring is 1. The number of para-hydroxylation sites is 2. The van der Waals surface area contributed by atoms with Crippen molar-refractivity contribution in [3.05, 3.63) is 54.1 Å². The Morgan fingerprint density at radius 2 is 1.83 bits per heavy atom. The molecular weight excluding hydrogens is 308 g/mol. The lowest BCUT2D eigenvalue weighted by Gasteiger charge is -2.16. The fourth-order valence-electron chi connectivity index (χ4n) is 2.05. The molecule has 4 N–H and O–H groups in total. The highest BCUT2D eigenvalue weighted by atomic mass is 16.5. The number of benzene rings is 2. The molecule has 0 bridgehead atoms. The lowest BCUT2D eigenvalue weighted by atomic mass is 10.1. The Bertz CT molecular complexity index is 658. The first-order valence-electron chi connectivity index (χ1n) is 7.72. The Balaban J connectivity index is 1.81. The molecule has 2 rings (SSSR count). The maximum atomic E-state index is 11.4. The van der Waals surface area contributed by atoms with Crippen LogP contribution in [0.25, 0.3) is 0 Å². The Morgan fingerprint density at radius 1 is 1.12 bits per heavy atom. The molecule has 0 heterocycles. The normalized spacial score (nSPS) is 11.6. The molecule has 0 aliphatic carbocycles. The summed E-state index contributed by atoms with van der Waals surface area (Å²) in [5, 5.41) is 0. The Hall–Kier alpha value is -2.73. The van der Waals surface area contributed by atoms with Crippen LogP contribution in [-0.4, -0.2) is 25.4 Å². The standard InChI is InChI=1S/C18H22N2O4/c1-2-22-18(21)11-13-7-9-14(10-8-13)23-12-17(20)24-16-6-4-3-5-15(16)19/h3-10,17H,2,11-12,19-20H2,1H3. The highest BCUT2D eigenvalue weighted by Crippen LogP contribution is 2.20. The van der Waals surface area contributed by atoms with Crippen molar-refractivity contribution < 1.29 is 19.0 Å². The fraction of sp³-hybridized carbons (Fsp3) is 0.278. The molecule has 0 amide bonds. The first kappa shape index (κ1) is 17.6. The molecule has 2 aromatic carbocycles. The minimum atomic E-state index is -0.645. The second kappa shape index (κ2) is 8.79. The van der Waals surface area contributed by atoms with Gasteiger partial charge in [-0.3, -0.25) is 10.5 Å². The predicted octanol–water partition coefficient (Wildman–Crippen LogP) is 2.12. The second-order valence-corrected chi connectivity index (χ2v) is 5.13. The van der Waals surface area contributed by atoms with Crippen LogP contribution in [0.3, 0.4) is 0 Å².